The molecule has 5 nitrogen and oxygen atoms in total. The number of pyridine rings is 1. The predicted molar refractivity (Wildman–Crippen MR) is 86.6 cm³/mol. The monoisotopic (exact) mass is 382 g/mol. The number of nitriles is 1. The van der Waals surface area contributed by atoms with Crippen LogP contribution in [0.5, 0.6) is 5.75 Å². The highest BCUT2D eigenvalue weighted by Crippen LogP contribution is 2.34. The number of nitrogens with zero attached hydrogens (tertiary/aromatic N) is 2. The van der Waals surface area contributed by atoms with Gasteiger partial charge in [-0.3, -0.25) is 4.98 Å². The molecule has 27 heavy (non-hydrogen) atoms. The number of carbonyl (C=O) groups is 1. The SMILES string of the molecule is CCOC(=O)c1cc(C)nc(-c2ccc(F)cc2OCC(F)(F)F)c1C#N. The Morgan fingerprint density at radius 1 is 1.30 bits per heavy atom. The van der Waals surface area contributed by atoms with Crippen molar-refractivity contribution in [1.29, 1.82) is 5.26 Å². The van der Waals surface area contributed by atoms with Gasteiger partial charge in [-0.2, -0.15) is 18.4 Å². The molecule has 0 amide bonds. The lowest BCUT2D eigenvalue weighted by molar-refractivity contribution is -0.153. The molecular formula is C18H14F4N2O3. The Bertz CT molecular complexity index is 905. The molecule has 0 radical (unpaired) electrons. The molecule has 1 heterocycles. The molecule has 2 aromatic rings. The quantitative estimate of drug-likeness (QED) is 0.573. The Kier molecular flexibility index (Phi) is 6.00. The van der Waals surface area contributed by atoms with Crippen molar-refractivity contribution in [2.24, 2.45) is 0 Å². The summed E-state index contributed by atoms with van der Waals surface area (Å²) < 4.78 is 60.6. The lowest BCUT2D eigenvalue weighted by Gasteiger charge is -2.15. The number of hydrogen-bond donors (Lipinski definition) is 0. The van der Waals surface area contributed by atoms with Gasteiger partial charge in [-0.25, -0.2) is 9.18 Å². The van der Waals surface area contributed by atoms with E-state index in [4.69, 9.17) is 9.47 Å². The van der Waals surface area contributed by atoms with Crippen molar-refractivity contribution in [3.8, 4) is 23.1 Å². The summed E-state index contributed by atoms with van der Waals surface area (Å²) in [7, 11) is 0. The second kappa shape index (κ2) is 8.03. The maximum absolute atomic E-state index is 13.5. The lowest BCUT2D eigenvalue weighted by atomic mass is 10.00. The maximum Gasteiger partial charge on any atom is 0.422 e. The Balaban J connectivity index is 2.64. The predicted octanol–water partition coefficient (Wildman–Crippen LogP) is 4.19. The van der Waals surface area contributed by atoms with Crippen LogP contribution in [-0.2, 0) is 4.74 Å². The highest BCUT2D eigenvalue weighted by Gasteiger charge is 2.29. The van der Waals surface area contributed by atoms with Gasteiger partial charge < -0.3 is 9.47 Å². The molecule has 1 aromatic carbocycles. The molecule has 0 saturated heterocycles. The lowest BCUT2D eigenvalue weighted by Crippen LogP contribution is -2.19. The van der Waals surface area contributed by atoms with E-state index in [9.17, 15) is 27.6 Å². The van der Waals surface area contributed by atoms with E-state index in [1.807, 2.05) is 6.07 Å². The second-order valence-corrected chi connectivity index (χ2v) is 5.41. The van der Waals surface area contributed by atoms with E-state index in [0.717, 1.165) is 18.2 Å². The Labute approximate surface area is 152 Å². The van der Waals surface area contributed by atoms with Gasteiger partial charge >= 0.3 is 12.1 Å². The van der Waals surface area contributed by atoms with E-state index < -0.39 is 30.3 Å². The van der Waals surface area contributed by atoms with Crippen molar-refractivity contribution >= 4 is 5.97 Å². The van der Waals surface area contributed by atoms with Crippen molar-refractivity contribution in [2.45, 2.75) is 20.0 Å². The average molecular weight is 382 g/mol. The normalized spacial score (nSPS) is 11.0. The van der Waals surface area contributed by atoms with Crippen LogP contribution in [0.15, 0.2) is 24.3 Å². The first-order chi connectivity index (χ1) is 12.7. The summed E-state index contributed by atoms with van der Waals surface area (Å²) in [5.74, 6) is -2.05. The number of hydrogen-bond acceptors (Lipinski definition) is 5. The van der Waals surface area contributed by atoms with Crippen molar-refractivity contribution in [3.63, 3.8) is 0 Å². The minimum atomic E-state index is -4.64. The number of aryl methyl sites for hydroxylation is 1. The van der Waals surface area contributed by atoms with Gasteiger partial charge in [0, 0.05) is 17.3 Å². The average Bonchev–Trinajstić information content (AvgIpc) is 2.59. The molecule has 0 unspecified atom stereocenters. The molecular weight excluding hydrogens is 368 g/mol. The van der Waals surface area contributed by atoms with Crippen molar-refractivity contribution < 1.29 is 31.8 Å². The van der Waals surface area contributed by atoms with Gasteiger partial charge in [0.2, 0.25) is 0 Å². The fourth-order valence-corrected chi connectivity index (χ4v) is 2.32. The van der Waals surface area contributed by atoms with Crippen LogP contribution in [0.4, 0.5) is 17.6 Å². The summed E-state index contributed by atoms with van der Waals surface area (Å²) in [5.41, 5.74) is -0.127. The standard InChI is InChI=1S/C18H14F4N2O3/c1-3-26-17(25)13-6-10(2)24-16(14(13)8-23)12-5-4-11(19)7-15(12)27-9-18(20,21)22/h4-7H,3,9H2,1-2H3. The molecule has 0 atom stereocenters. The first kappa shape index (κ1) is 20.2. The van der Waals surface area contributed by atoms with Crippen LogP contribution in [0.2, 0.25) is 0 Å². The van der Waals surface area contributed by atoms with Gasteiger partial charge in [0.1, 0.15) is 17.6 Å². The Morgan fingerprint density at radius 3 is 2.59 bits per heavy atom. The molecule has 0 bridgehead atoms. The summed E-state index contributed by atoms with van der Waals surface area (Å²) in [5, 5.41) is 9.48. The van der Waals surface area contributed by atoms with E-state index in [2.05, 4.69) is 4.98 Å². The maximum atomic E-state index is 13.5. The van der Waals surface area contributed by atoms with Gasteiger partial charge in [-0.15, -0.1) is 0 Å². The summed E-state index contributed by atoms with van der Waals surface area (Å²) in [4.78, 5) is 16.3. The summed E-state index contributed by atoms with van der Waals surface area (Å²) in [6, 6.07) is 6.03. The molecule has 9 heteroatoms. The van der Waals surface area contributed by atoms with Crippen LogP contribution in [0.1, 0.15) is 28.5 Å². The highest BCUT2D eigenvalue weighted by atomic mass is 19.4. The number of benzene rings is 1. The van der Waals surface area contributed by atoms with Crippen LogP contribution in [-0.4, -0.2) is 30.3 Å². The van der Waals surface area contributed by atoms with Gasteiger partial charge in [0.25, 0.3) is 0 Å². The van der Waals surface area contributed by atoms with E-state index >= 15 is 0 Å². The number of ether oxygens (including phenoxy) is 2. The van der Waals surface area contributed by atoms with Crippen LogP contribution in [0.25, 0.3) is 11.3 Å². The Hall–Kier alpha value is -3.15. The highest BCUT2D eigenvalue weighted by molar-refractivity contribution is 5.95. The molecule has 0 fully saturated rings. The number of carbonyl (C=O) groups excluding carboxylic acids is 1. The fraction of sp³-hybridized carbons (Fsp3) is 0.278. The smallest absolute Gasteiger partial charge is 0.422 e. The zero-order valence-electron chi connectivity index (χ0n) is 14.4. The van der Waals surface area contributed by atoms with Crippen molar-refractivity contribution in [1.82, 2.24) is 4.98 Å². The van der Waals surface area contributed by atoms with E-state index in [-0.39, 0.29) is 29.0 Å². The molecule has 0 aliphatic rings. The number of esters is 1. The van der Waals surface area contributed by atoms with E-state index in [1.54, 1.807) is 6.92 Å². The number of halogens is 4. The third-order valence-electron chi connectivity index (χ3n) is 3.34. The van der Waals surface area contributed by atoms with E-state index in [1.165, 1.54) is 13.0 Å². The topological polar surface area (TPSA) is 72.2 Å². The molecule has 0 saturated carbocycles. The summed E-state index contributed by atoms with van der Waals surface area (Å²) >= 11 is 0. The second-order valence-electron chi connectivity index (χ2n) is 5.41. The number of aromatic nitrogens is 1. The molecule has 1 aromatic heterocycles. The van der Waals surface area contributed by atoms with Gasteiger partial charge in [0.15, 0.2) is 6.61 Å². The van der Waals surface area contributed by atoms with Gasteiger partial charge in [-0.05, 0) is 32.0 Å². The van der Waals surface area contributed by atoms with Crippen molar-refractivity contribution in [2.75, 3.05) is 13.2 Å². The minimum Gasteiger partial charge on any atom is -0.483 e. The Morgan fingerprint density at radius 2 is 2.00 bits per heavy atom. The first-order valence-corrected chi connectivity index (χ1v) is 7.74. The fourth-order valence-electron chi connectivity index (χ4n) is 2.32. The molecule has 0 aliphatic heterocycles. The molecule has 0 N–H and O–H groups in total. The van der Waals surface area contributed by atoms with Crippen molar-refractivity contribution in [3.05, 3.63) is 46.9 Å². The first-order valence-electron chi connectivity index (χ1n) is 7.74. The van der Waals surface area contributed by atoms with Crippen LogP contribution in [0, 0.1) is 24.1 Å². The van der Waals surface area contributed by atoms with Crippen LogP contribution < -0.4 is 4.74 Å². The molecule has 142 valence electrons. The largest absolute Gasteiger partial charge is 0.483 e. The molecule has 0 aliphatic carbocycles. The van der Waals surface area contributed by atoms with Gasteiger partial charge in [0.05, 0.1) is 23.4 Å². The van der Waals surface area contributed by atoms with E-state index in [0.29, 0.717) is 5.69 Å². The minimum absolute atomic E-state index is 0.0496. The number of rotatable bonds is 5. The molecule has 0 spiro atoms. The zero-order chi connectivity index (χ0) is 20.2. The summed E-state index contributed by atoms with van der Waals surface area (Å²) in [6.07, 6.45) is -4.64. The molecule has 2 rings (SSSR count). The summed E-state index contributed by atoms with van der Waals surface area (Å²) in [6.45, 7) is 1.54. The number of alkyl halides is 3. The van der Waals surface area contributed by atoms with Gasteiger partial charge in [-0.1, -0.05) is 0 Å². The zero-order valence-corrected chi connectivity index (χ0v) is 14.4. The van der Waals surface area contributed by atoms with Crippen LogP contribution >= 0.6 is 0 Å². The van der Waals surface area contributed by atoms with Crippen LogP contribution in [0.3, 0.4) is 0 Å². The third-order valence-corrected chi connectivity index (χ3v) is 3.34. The third kappa shape index (κ3) is 4.94.